The minimum atomic E-state index is -0.515. The summed E-state index contributed by atoms with van der Waals surface area (Å²) in [4.78, 5) is 24.2. The highest BCUT2D eigenvalue weighted by atomic mass is 16.5. The van der Waals surface area contributed by atoms with Gasteiger partial charge in [-0.2, -0.15) is 5.10 Å². The van der Waals surface area contributed by atoms with E-state index in [1.54, 1.807) is 31.2 Å². The summed E-state index contributed by atoms with van der Waals surface area (Å²) >= 11 is 0. The Bertz CT molecular complexity index is 993. The van der Waals surface area contributed by atoms with Crippen molar-refractivity contribution >= 4 is 17.7 Å². The molecule has 0 aliphatic rings. The van der Waals surface area contributed by atoms with Gasteiger partial charge in [0.1, 0.15) is 11.4 Å². The number of ether oxygens (including phenoxy) is 1. The maximum Gasteiger partial charge on any atom is 0.343 e. The topological polar surface area (TPSA) is 99.2 Å². The summed E-state index contributed by atoms with van der Waals surface area (Å²) in [5.74, 6) is -0.496. The molecular formula is C21H22N4O3. The highest BCUT2D eigenvalue weighted by molar-refractivity contribution is 5.95. The minimum absolute atomic E-state index is 0.171. The first-order valence-electron chi connectivity index (χ1n) is 8.95. The molecule has 28 heavy (non-hydrogen) atoms. The molecule has 0 fully saturated rings. The third-order valence-corrected chi connectivity index (χ3v) is 4.38. The first kappa shape index (κ1) is 19.2. The van der Waals surface area contributed by atoms with Crippen molar-refractivity contribution in [2.75, 3.05) is 12.3 Å². The van der Waals surface area contributed by atoms with Crippen LogP contribution < -0.4 is 11.1 Å². The van der Waals surface area contributed by atoms with Crippen molar-refractivity contribution in [1.82, 2.24) is 15.1 Å². The van der Waals surface area contributed by atoms with E-state index in [1.807, 2.05) is 31.2 Å². The molecule has 2 aromatic carbocycles. The average Bonchev–Trinajstić information content (AvgIpc) is 3.09. The summed E-state index contributed by atoms with van der Waals surface area (Å²) in [7, 11) is 0. The molecule has 1 amide bonds. The van der Waals surface area contributed by atoms with Crippen molar-refractivity contribution in [2.45, 2.75) is 20.4 Å². The van der Waals surface area contributed by atoms with Crippen LogP contribution in [0.4, 0.5) is 5.82 Å². The Labute approximate surface area is 163 Å². The summed E-state index contributed by atoms with van der Waals surface area (Å²) in [6.07, 6.45) is 1.37. The number of nitrogens with zero attached hydrogens (tertiary/aromatic N) is 2. The van der Waals surface area contributed by atoms with Gasteiger partial charge in [0.05, 0.1) is 18.5 Å². The smallest absolute Gasteiger partial charge is 0.343 e. The zero-order valence-electron chi connectivity index (χ0n) is 15.8. The number of esters is 1. The fourth-order valence-electron chi connectivity index (χ4n) is 2.77. The summed E-state index contributed by atoms with van der Waals surface area (Å²) < 4.78 is 6.39. The first-order valence-corrected chi connectivity index (χ1v) is 8.95. The van der Waals surface area contributed by atoms with E-state index in [1.165, 1.54) is 10.9 Å². The van der Waals surface area contributed by atoms with E-state index in [4.69, 9.17) is 10.5 Å². The van der Waals surface area contributed by atoms with Crippen LogP contribution in [0.1, 0.15) is 38.8 Å². The summed E-state index contributed by atoms with van der Waals surface area (Å²) in [6, 6.07) is 14.7. The van der Waals surface area contributed by atoms with Crippen LogP contribution in [-0.2, 0) is 11.3 Å². The molecule has 0 saturated heterocycles. The SMILES string of the molecule is CCOC(=O)c1cnn(-c2ccc(C(=O)NCc3ccccc3C)cc2)c1N. The van der Waals surface area contributed by atoms with Gasteiger partial charge in [0, 0.05) is 12.1 Å². The van der Waals surface area contributed by atoms with Gasteiger partial charge in [0.25, 0.3) is 5.91 Å². The van der Waals surface area contributed by atoms with Crippen molar-refractivity contribution in [3.8, 4) is 5.69 Å². The average molecular weight is 378 g/mol. The fourth-order valence-corrected chi connectivity index (χ4v) is 2.77. The van der Waals surface area contributed by atoms with Crippen LogP contribution in [-0.4, -0.2) is 28.3 Å². The van der Waals surface area contributed by atoms with Gasteiger partial charge < -0.3 is 15.8 Å². The molecule has 0 aliphatic carbocycles. The number of carbonyl (C=O) groups excluding carboxylic acids is 2. The second-order valence-corrected chi connectivity index (χ2v) is 6.23. The molecule has 144 valence electrons. The highest BCUT2D eigenvalue weighted by Gasteiger charge is 2.17. The van der Waals surface area contributed by atoms with Gasteiger partial charge in [0.2, 0.25) is 0 Å². The number of anilines is 1. The van der Waals surface area contributed by atoms with E-state index in [0.717, 1.165) is 11.1 Å². The maximum absolute atomic E-state index is 12.4. The standard InChI is InChI=1S/C21H22N4O3/c1-3-28-21(27)18-13-24-25(19(18)22)17-10-8-15(9-11-17)20(26)23-12-16-7-5-4-6-14(16)2/h4-11,13H,3,12,22H2,1-2H3,(H,23,26). The van der Waals surface area contributed by atoms with E-state index in [9.17, 15) is 9.59 Å². The lowest BCUT2D eigenvalue weighted by atomic mass is 10.1. The molecule has 0 saturated carbocycles. The fraction of sp³-hybridized carbons (Fsp3) is 0.190. The first-order chi connectivity index (χ1) is 13.5. The van der Waals surface area contributed by atoms with Gasteiger partial charge in [-0.25, -0.2) is 9.48 Å². The second-order valence-electron chi connectivity index (χ2n) is 6.23. The van der Waals surface area contributed by atoms with Crippen LogP contribution >= 0.6 is 0 Å². The predicted octanol–water partition coefficient (Wildman–Crippen LogP) is 2.87. The van der Waals surface area contributed by atoms with E-state index >= 15 is 0 Å². The molecule has 7 nitrogen and oxygen atoms in total. The number of benzene rings is 2. The van der Waals surface area contributed by atoms with Crippen LogP contribution in [0.25, 0.3) is 5.69 Å². The van der Waals surface area contributed by atoms with Gasteiger partial charge in [0.15, 0.2) is 0 Å². The highest BCUT2D eigenvalue weighted by Crippen LogP contribution is 2.18. The number of nitrogens with one attached hydrogen (secondary N) is 1. The number of aryl methyl sites for hydroxylation is 1. The molecule has 3 aromatic rings. The van der Waals surface area contributed by atoms with E-state index in [2.05, 4.69) is 10.4 Å². The number of nitrogen functional groups attached to an aromatic ring is 1. The summed E-state index contributed by atoms with van der Waals surface area (Å²) in [5.41, 5.74) is 9.59. The predicted molar refractivity (Wildman–Crippen MR) is 106 cm³/mol. The lowest BCUT2D eigenvalue weighted by Gasteiger charge is -2.09. The third-order valence-electron chi connectivity index (χ3n) is 4.38. The van der Waals surface area contributed by atoms with Gasteiger partial charge in [-0.1, -0.05) is 24.3 Å². The monoisotopic (exact) mass is 378 g/mol. The van der Waals surface area contributed by atoms with Gasteiger partial charge in [-0.15, -0.1) is 0 Å². The molecule has 0 atom stereocenters. The molecule has 0 aliphatic heterocycles. The Balaban J connectivity index is 1.70. The normalized spacial score (nSPS) is 10.5. The number of carbonyl (C=O) groups is 2. The number of amides is 1. The van der Waals surface area contributed by atoms with Crippen LogP contribution in [0, 0.1) is 6.92 Å². The lowest BCUT2D eigenvalue weighted by molar-refractivity contribution is 0.0527. The molecule has 7 heteroatoms. The molecule has 0 bridgehead atoms. The summed E-state index contributed by atoms with van der Waals surface area (Å²) in [6.45, 7) is 4.45. The van der Waals surface area contributed by atoms with E-state index < -0.39 is 5.97 Å². The van der Waals surface area contributed by atoms with Crippen LogP contribution in [0.15, 0.2) is 54.7 Å². The molecule has 0 radical (unpaired) electrons. The number of rotatable bonds is 6. The second kappa shape index (κ2) is 8.39. The Hall–Kier alpha value is -3.61. The Kier molecular flexibility index (Phi) is 5.74. The quantitative estimate of drug-likeness (QED) is 0.643. The van der Waals surface area contributed by atoms with E-state index in [0.29, 0.717) is 17.8 Å². The lowest BCUT2D eigenvalue weighted by Crippen LogP contribution is -2.23. The number of hydrogen-bond donors (Lipinski definition) is 2. The van der Waals surface area contributed by atoms with Gasteiger partial charge >= 0.3 is 5.97 Å². The van der Waals surface area contributed by atoms with Crippen molar-refractivity contribution < 1.29 is 14.3 Å². The van der Waals surface area contributed by atoms with Crippen LogP contribution in [0.5, 0.6) is 0 Å². The number of hydrogen-bond acceptors (Lipinski definition) is 5. The zero-order chi connectivity index (χ0) is 20.1. The Morgan fingerprint density at radius 1 is 1.14 bits per heavy atom. The molecular weight excluding hydrogens is 356 g/mol. The van der Waals surface area contributed by atoms with Crippen molar-refractivity contribution in [3.05, 3.63) is 77.0 Å². The molecule has 0 unspecified atom stereocenters. The Morgan fingerprint density at radius 2 is 1.86 bits per heavy atom. The van der Waals surface area contributed by atoms with Gasteiger partial charge in [-0.05, 0) is 49.2 Å². The minimum Gasteiger partial charge on any atom is -0.462 e. The largest absolute Gasteiger partial charge is 0.462 e. The van der Waals surface area contributed by atoms with Crippen molar-refractivity contribution in [2.24, 2.45) is 0 Å². The maximum atomic E-state index is 12.4. The van der Waals surface area contributed by atoms with Crippen molar-refractivity contribution in [1.29, 1.82) is 0 Å². The number of aromatic nitrogens is 2. The molecule has 3 rings (SSSR count). The number of nitrogens with two attached hydrogens (primary N) is 1. The summed E-state index contributed by atoms with van der Waals surface area (Å²) in [5, 5.41) is 7.05. The molecule has 1 heterocycles. The van der Waals surface area contributed by atoms with Crippen molar-refractivity contribution in [3.63, 3.8) is 0 Å². The Morgan fingerprint density at radius 3 is 2.54 bits per heavy atom. The van der Waals surface area contributed by atoms with E-state index in [-0.39, 0.29) is 23.9 Å². The van der Waals surface area contributed by atoms with Crippen LogP contribution in [0.2, 0.25) is 0 Å². The van der Waals surface area contributed by atoms with Gasteiger partial charge in [-0.3, -0.25) is 4.79 Å². The van der Waals surface area contributed by atoms with Crippen LogP contribution in [0.3, 0.4) is 0 Å². The third kappa shape index (κ3) is 4.03. The zero-order valence-corrected chi connectivity index (χ0v) is 15.8. The molecule has 3 N–H and O–H groups in total. The molecule has 1 aromatic heterocycles. The molecule has 0 spiro atoms.